The van der Waals surface area contributed by atoms with Crippen molar-refractivity contribution in [2.75, 3.05) is 6.61 Å². The molecule has 0 amide bonds. The van der Waals surface area contributed by atoms with Crippen molar-refractivity contribution in [1.82, 2.24) is 0 Å². The molecule has 0 bridgehead atoms. The fourth-order valence-electron chi connectivity index (χ4n) is 5.71. The van der Waals surface area contributed by atoms with Gasteiger partial charge >= 0.3 is 0 Å². The van der Waals surface area contributed by atoms with Gasteiger partial charge in [0.15, 0.2) is 0 Å². The van der Waals surface area contributed by atoms with E-state index in [1.165, 1.54) is 50.5 Å². The van der Waals surface area contributed by atoms with Crippen LogP contribution < -0.4 is 0 Å². The topological polar surface area (TPSA) is 27.7 Å². The molecule has 1 spiro atoms. The molecule has 0 radical (unpaired) electrons. The molecule has 1 aromatic carbocycles. The van der Waals surface area contributed by atoms with E-state index in [9.17, 15) is 0 Å². The molecule has 1 saturated heterocycles. The quantitative estimate of drug-likeness (QED) is 0.355. The van der Waals surface area contributed by atoms with Gasteiger partial charge in [0.25, 0.3) is 0 Å². The molecule has 31 heavy (non-hydrogen) atoms. The Morgan fingerprint density at radius 2 is 1.65 bits per heavy atom. The van der Waals surface area contributed by atoms with E-state index in [2.05, 4.69) is 51.6 Å². The Hall–Kier alpha value is -1.16. The number of rotatable bonds is 5. The van der Waals surface area contributed by atoms with E-state index in [1.807, 2.05) is 0 Å². The predicted molar refractivity (Wildman–Crippen MR) is 127 cm³/mol. The summed E-state index contributed by atoms with van der Waals surface area (Å²) in [6, 6.07) is 8.99. The smallest absolute Gasteiger partial charge is 0.201 e. The largest absolute Gasteiger partial charge is 0.344 e. The standard InChI is InChI=1S/C28H42O3/c1-5-27(3,4)25-16-18-28(19-17-25)29-20-26(30-31-28)21(2)22-12-14-24(15-13-22)23-10-8-6-7-9-11-23/h12-15,23,25-26H,2,5-11,16-20H2,1,3-4H3. The molecule has 1 aliphatic heterocycles. The van der Waals surface area contributed by atoms with Crippen LogP contribution in [0.2, 0.25) is 0 Å². The van der Waals surface area contributed by atoms with Crippen molar-refractivity contribution in [3.8, 4) is 0 Å². The van der Waals surface area contributed by atoms with Crippen LogP contribution in [-0.2, 0) is 14.5 Å². The number of benzene rings is 1. The Morgan fingerprint density at radius 1 is 1.00 bits per heavy atom. The molecule has 0 N–H and O–H groups in total. The van der Waals surface area contributed by atoms with Crippen LogP contribution in [0.3, 0.4) is 0 Å². The minimum atomic E-state index is -0.555. The average Bonchev–Trinajstić information content (AvgIpc) is 3.09. The summed E-state index contributed by atoms with van der Waals surface area (Å²) in [5.74, 6) is 0.894. The van der Waals surface area contributed by atoms with Crippen molar-refractivity contribution in [1.29, 1.82) is 0 Å². The summed E-state index contributed by atoms with van der Waals surface area (Å²) in [6.45, 7) is 11.9. The molecular weight excluding hydrogens is 384 g/mol. The van der Waals surface area contributed by atoms with Gasteiger partial charge in [0.05, 0.1) is 6.61 Å². The van der Waals surface area contributed by atoms with Gasteiger partial charge in [-0.05, 0) is 59.6 Å². The third-order valence-electron chi connectivity index (χ3n) is 8.57. The molecular formula is C28H42O3. The van der Waals surface area contributed by atoms with Crippen molar-refractivity contribution in [3.05, 3.63) is 42.0 Å². The van der Waals surface area contributed by atoms with E-state index < -0.39 is 5.79 Å². The van der Waals surface area contributed by atoms with Gasteiger partial charge in [0.1, 0.15) is 6.10 Å². The zero-order valence-electron chi connectivity index (χ0n) is 20.0. The van der Waals surface area contributed by atoms with Crippen LogP contribution in [0, 0.1) is 11.3 Å². The van der Waals surface area contributed by atoms with Crippen LogP contribution in [0.15, 0.2) is 30.8 Å². The molecule has 2 saturated carbocycles. The van der Waals surface area contributed by atoms with Gasteiger partial charge < -0.3 is 4.74 Å². The minimum absolute atomic E-state index is 0.237. The summed E-state index contributed by atoms with van der Waals surface area (Å²) in [6.07, 6.45) is 13.2. The number of hydrogen-bond acceptors (Lipinski definition) is 3. The molecule has 172 valence electrons. The lowest BCUT2D eigenvalue weighted by atomic mass is 9.68. The molecule has 4 rings (SSSR count). The minimum Gasteiger partial charge on any atom is -0.344 e. The SMILES string of the molecule is C=C(c1ccc(C2CCCCCC2)cc1)C1COC2(CCC(C(C)(C)CC)CC2)OO1. The van der Waals surface area contributed by atoms with Crippen LogP contribution in [0.4, 0.5) is 0 Å². The lowest BCUT2D eigenvalue weighted by molar-refractivity contribution is -0.484. The van der Waals surface area contributed by atoms with Crippen molar-refractivity contribution >= 4 is 5.57 Å². The summed E-state index contributed by atoms with van der Waals surface area (Å²) in [4.78, 5) is 11.8. The van der Waals surface area contributed by atoms with E-state index >= 15 is 0 Å². The van der Waals surface area contributed by atoms with Crippen molar-refractivity contribution < 1.29 is 14.5 Å². The zero-order chi connectivity index (χ0) is 21.9. The monoisotopic (exact) mass is 426 g/mol. The van der Waals surface area contributed by atoms with E-state index in [1.54, 1.807) is 0 Å². The zero-order valence-corrected chi connectivity index (χ0v) is 20.0. The van der Waals surface area contributed by atoms with Crippen molar-refractivity contribution in [3.63, 3.8) is 0 Å². The predicted octanol–water partition coefficient (Wildman–Crippen LogP) is 7.81. The first kappa shape index (κ1) is 23.0. The van der Waals surface area contributed by atoms with Gasteiger partial charge in [-0.25, -0.2) is 9.78 Å². The number of ether oxygens (including phenoxy) is 1. The fourth-order valence-corrected chi connectivity index (χ4v) is 5.71. The summed E-state index contributed by atoms with van der Waals surface area (Å²) in [7, 11) is 0. The van der Waals surface area contributed by atoms with Gasteiger partial charge in [0.2, 0.25) is 5.79 Å². The molecule has 3 aliphatic rings. The summed E-state index contributed by atoms with van der Waals surface area (Å²) >= 11 is 0. The Morgan fingerprint density at radius 3 is 2.19 bits per heavy atom. The van der Waals surface area contributed by atoms with Crippen LogP contribution in [0.1, 0.15) is 108 Å². The lowest BCUT2D eigenvalue weighted by Crippen LogP contribution is -2.48. The summed E-state index contributed by atoms with van der Waals surface area (Å²) < 4.78 is 6.28. The van der Waals surface area contributed by atoms with Crippen LogP contribution in [0.5, 0.6) is 0 Å². The maximum Gasteiger partial charge on any atom is 0.201 e. The van der Waals surface area contributed by atoms with Gasteiger partial charge in [-0.3, -0.25) is 0 Å². The van der Waals surface area contributed by atoms with E-state index in [-0.39, 0.29) is 6.10 Å². The molecule has 2 aliphatic carbocycles. The van der Waals surface area contributed by atoms with Gasteiger partial charge in [-0.15, -0.1) is 0 Å². The molecule has 1 unspecified atom stereocenters. The molecule has 1 heterocycles. The third kappa shape index (κ3) is 5.26. The van der Waals surface area contributed by atoms with Crippen LogP contribution >= 0.6 is 0 Å². The summed E-state index contributed by atoms with van der Waals surface area (Å²) in [5, 5.41) is 0. The maximum atomic E-state index is 6.28. The van der Waals surface area contributed by atoms with Gasteiger partial charge in [-0.1, -0.05) is 83.7 Å². The Kier molecular flexibility index (Phi) is 7.25. The fraction of sp³-hybridized carbons (Fsp3) is 0.714. The van der Waals surface area contributed by atoms with Crippen LogP contribution in [0.25, 0.3) is 5.57 Å². The van der Waals surface area contributed by atoms with E-state index in [0.29, 0.717) is 12.0 Å². The first-order chi connectivity index (χ1) is 14.9. The Balaban J connectivity index is 1.30. The second kappa shape index (κ2) is 9.77. The normalized spacial score (nSPS) is 30.8. The third-order valence-corrected chi connectivity index (χ3v) is 8.57. The average molecular weight is 427 g/mol. The first-order valence-electron chi connectivity index (χ1n) is 12.7. The molecule has 1 atom stereocenters. The second-order valence-electron chi connectivity index (χ2n) is 10.8. The molecule has 3 fully saturated rings. The summed E-state index contributed by atoms with van der Waals surface area (Å²) in [5.41, 5.74) is 3.93. The molecule has 3 nitrogen and oxygen atoms in total. The Labute approximate surface area is 189 Å². The highest BCUT2D eigenvalue weighted by atomic mass is 17.2. The molecule has 3 heteroatoms. The van der Waals surface area contributed by atoms with Crippen molar-refractivity contribution in [2.45, 2.75) is 109 Å². The molecule has 0 aromatic heterocycles. The highest BCUT2D eigenvalue weighted by molar-refractivity contribution is 5.67. The second-order valence-corrected chi connectivity index (χ2v) is 10.8. The highest BCUT2D eigenvalue weighted by Gasteiger charge is 2.45. The van der Waals surface area contributed by atoms with Crippen molar-refractivity contribution in [2.24, 2.45) is 11.3 Å². The maximum absolute atomic E-state index is 6.28. The van der Waals surface area contributed by atoms with Gasteiger partial charge in [0, 0.05) is 12.8 Å². The Bertz CT molecular complexity index is 709. The lowest BCUT2D eigenvalue weighted by Gasteiger charge is -2.46. The van der Waals surface area contributed by atoms with E-state index in [4.69, 9.17) is 14.5 Å². The van der Waals surface area contributed by atoms with E-state index in [0.717, 1.165) is 48.7 Å². The first-order valence-corrected chi connectivity index (χ1v) is 12.7. The van der Waals surface area contributed by atoms with Gasteiger partial charge in [-0.2, -0.15) is 0 Å². The highest BCUT2D eigenvalue weighted by Crippen LogP contribution is 2.46. The van der Waals surface area contributed by atoms with Crippen LogP contribution in [-0.4, -0.2) is 18.5 Å². The molecule has 1 aromatic rings. The number of hydrogen-bond donors (Lipinski definition) is 0.